The van der Waals surface area contributed by atoms with Crippen molar-refractivity contribution in [1.29, 1.82) is 0 Å². The second-order valence-corrected chi connectivity index (χ2v) is 4.53. The fourth-order valence-electron chi connectivity index (χ4n) is 2.52. The average Bonchev–Trinajstić information content (AvgIpc) is 2.75. The molecule has 0 unspecified atom stereocenters. The van der Waals surface area contributed by atoms with E-state index in [2.05, 4.69) is 22.9 Å². The van der Waals surface area contributed by atoms with Gasteiger partial charge in [0.25, 0.3) is 0 Å². The summed E-state index contributed by atoms with van der Waals surface area (Å²) in [6.45, 7) is 4.64. The molecule has 1 fully saturated rings. The van der Waals surface area contributed by atoms with Crippen LogP contribution in [0.3, 0.4) is 0 Å². The van der Waals surface area contributed by atoms with Gasteiger partial charge in [0.05, 0.1) is 0 Å². The number of anilines is 1. The number of hydrogen-bond donors (Lipinski definition) is 1. The standard InChI is InChI=1S/C13H21N3/c1-2-3-9-16-10-5-7-12(16)11-6-4-8-15-13(11)14/h4,6,8,12H,2-3,5,7,9-10H2,1H3,(H2,14,15)/t12-/m1/s1. The Kier molecular flexibility index (Phi) is 3.78. The van der Waals surface area contributed by atoms with Gasteiger partial charge >= 0.3 is 0 Å². The highest BCUT2D eigenvalue weighted by molar-refractivity contribution is 5.41. The van der Waals surface area contributed by atoms with Crippen molar-refractivity contribution in [2.45, 2.75) is 38.6 Å². The molecule has 1 atom stereocenters. The van der Waals surface area contributed by atoms with Crippen molar-refractivity contribution < 1.29 is 0 Å². The first-order valence-corrected chi connectivity index (χ1v) is 6.27. The molecule has 1 saturated heterocycles. The van der Waals surface area contributed by atoms with E-state index < -0.39 is 0 Å². The molecule has 0 radical (unpaired) electrons. The maximum absolute atomic E-state index is 5.95. The van der Waals surface area contributed by atoms with Crippen molar-refractivity contribution in [2.75, 3.05) is 18.8 Å². The first-order valence-electron chi connectivity index (χ1n) is 6.27. The zero-order valence-electron chi connectivity index (χ0n) is 10.0. The smallest absolute Gasteiger partial charge is 0.128 e. The van der Waals surface area contributed by atoms with E-state index in [1.54, 1.807) is 6.20 Å². The zero-order valence-corrected chi connectivity index (χ0v) is 10.0. The van der Waals surface area contributed by atoms with Crippen LogP contribution in [0.15, 0.2) is 18.3 Å². The summed E-state index contributed by atoms with van der Waals surface area (Å²) in [6.07, 6.45) is 6.80. The van der Waals surface area contributed by atoms with Gasteiger partial charge in [0.1, 0.15) is 5.82 Å². The van der Waals surface area contributed by atoms with Crippen LogP contribution >= 0.6 is 0 Å². The van der Waals surface area contributed by atoms with Gasteiger partial charge in [0.2, 0.25) is 0 Å². The molecule has 2 rings (SSSR count). The minimum absolute atomic E-state index is 0.500. The predicted octanol–water partition coefficient (Wildman–Crippen LogP) is 2.60. The first-order chi connectivity index (χ1) is 7.83. The van der Waals surface area contributed by atoms with E-state index in [0.29, 0.717) is 11.9 Å². The van der Waals surface area contributed by atoms with E-state index in [9.17, 15) is 0 Å². The molecule has 3 heteroatoms. The highest BCUT2D eigenvalue weighted by Gasteiger charge is 2.26. The Morgan fingerprint density at radius 3 is 3.19 bits per heavy atom. The molecule has 0 amide bonds. The van der Waals surface area contributed by atoms with Crippen molar-refractivity contribution in [3.63, 3.8) is 0 Å². The summed E-state index contributed by atoms with van der Waals surface area (Å²) in [5, 5.41) is 0. The molecule has 1 aliphatic rings. The van der Waals surface area contributed by atoms with E-state index in [-0.39, 0.29) is 0 Å². The summed E-state index contributed by atoms with van der Waals surface area (Å²) in [7, 11) is 0. The second kappa shape index (κ2) is 5.30. The Balaban J connectivity index is 2.10. The highest BCUT2D eigenvalue weighted by Crippen LogP contribution is 2.33. The normalized spacial score (nSPS) is 21.4. The van der Waals surface area contributed by atoms with Crippen LogP contribution in [0.25, 0.3) is 0 Å². The first kappa shape index (κ1) is 11.4. The van der Waals surface area contributed by atoms with Gasteiger partial charge in [-0.15, -0.1) is 0 Å². The maximum Gasteiger partial charge on any atom is 0.128 e. The number of nitrogens with zero attached hydrogens (tertiary/aromatic N) is 2. The minimum atomic E-state index is 0.500. The van der Waals surface area contributed by atoms with Gasteiger partial charge in [-0.25, -0.2) is 4.98 Å². The number of nitrogens with two attached hydrogens (primary N) is 1. The molecule has 1 aromatic rings. The van der Waals surface area contributed by atoms with E-state index >= 15 is 0 Å². The molecule has 0 bridgehead atoms. The lowest BCUT2D eigenvalue weighted by atomic mass is 10.1. The fraction of sp³-hybridized carbons (Fsp3) is 0.615. The van der Waals surface area contributed by atoms with Crippen LogP contribution < -0.4 is 5.73 Å². The van der Waals surface area contributed by atoms with Crippen molar-refractivity contribution in [3.05, 3.63) is 23.9 Å². The lowest BCUT2D eigenvalue weighted by molar-refractivity contribution is 0.253. The van der Waals surface area contributed by atoms with Crippen molar-refractivity contribution in [1.82, 2.24) is 9.88 Å². The Labute approximate surface area is 97.7 Å². The summed E-state index contributed by atoms with van der Waals surface area (Å²) >= 11 is 0. The average molecular weight is 219 g/mol. The largest absolute Gasteiger partial charge is 0.383 e. The van der Waals surface area contributed by atoms with E-state index in [4.69, 9.17) is 5.73 Å². The van der Waals surface area contributed by atoms with Gasteiger partial charge in [-0.3, -0.25) is 4.90 Å². The highest BCUT2D eigenvalue weighted by atomic mass is 15.2. The third kappa shape index (κ3) is 2.35. The molecule has 1 aromatic heterocycles. The van der Waals surface area contributed by atoms with Gasteiger partial charge in [-0.05, 0) is 38.4 Å². The number of aromatic nitrogens is 1. The number of unbranched alkanes of at least 4 members (excludes halogenated alkanes) is 1. The summed E-state index contributed by atoms with van der Waals surface area (Å²) < 4.78 is 0. The van der Waals surface area contributed by atoms with Crippen LogP contribution in [0.4, 0.5) is 5.82 Å². The van der Waals surface area contributed by atoms with Gasteiger partial charge in [-0.1, -0.05) is 19.4 Å². The number of pyridine rings is 1. The van der Waals surface area contributed by atoms with Gasteiger partial charge in [-0.2, -0.15) is 0 Å². The van der Waals surface area contributed by atoms with Crippen LogP contribution in [0, 0.1) is 0 Å². The summed E-state index contributed by atoms with van der Waals surface area (Å²) in [5.74, 6) is 0.705. The molecule has 1 aliphatic heterocycles. The maximum atomic E-state index is 5.95. The second-order valence-electron chi connectivity index (χ2n) is 4.53. The zero-order chi connectivity index (χ0) is 11.4. The third-order valence-corrected chi connectivity index (χ3v) is 3.39. The van der Waals surface area contributed by atoms with Crippen LogP contribution in [-0.2, 0) is 0 Å². The molecular formula is C13H21N3. The molecule has 0 spiro atoms. The third-order valence-electron chi connectivity index (χ3n) is 3.39. The molecule has 0 aliphatic carbocycles. The summed E-state index contributed by atoms with van der Waals surface area (Å²) in [4.78, 5) is 6.74. The monoisotopic (exact) mass is 219 g/mol. The van der Waals surface area contributed by atoms with Crippen LogP contribution in [-0.4, -0.2) is 23.0 Å². The van der Waals surface area contributed by atoms with Crippen molar-refractivity contribution >= 4 is 5.82 Å². The lowest BCUT2D eigenvalue weighted by Gasteiger charge is -2.25. The van der Waals surface area contributed by atoms with Gasteiger partial charge in [0, 0.05) is 17.8 Å². The van der Waals surface area contributed by atoms with Crippen LogP contribution in [0.2, 0.25) is 0 Å². The molecule has 2 N–H and O–H groups in total. The molecule has 16 heavy (non-hydrogen) atoms. The number of likely N-dealkylation sites (tertiary alicyclic amines) is 1. The van der Waals surface area contributed by atoms with Crippen molar-refractivity contribution in [3.8, 4) is 0 Å². The Morgan fingerprint density at radius 1 is 1.56 bits per heavy atom. The molecule has 0 saturated carbocycles. The van der Waals surface area contributed by atoms with Crippen LogP contribution in [0.1, 0.15) is 44.2 Å². The van der Waals surface area contributed by atoms with Crippen LogP contribution in [0.5, 0.6) is 0 Å². The number of nitrogen functional groups attached to an aromatic ring is 1. The molecule has 3 nitrogen and oxygen atoms in total. The Bertz CT molecular complexity index is 338. The van der Waals surface area contributed by atoms with Gasteiger partial charge in [0.15, 0.2) is 0 Å². The van der Waals surface area contributed by atoms with E-state index in [1.165, 1.54) is 44.3 Å². The van der Waals surface area contributed by atoms with E-state index in [1.807, 2.05) is 6.07 Å². The number of rotatable bonds is 4. The summed E-state index contributed by atoms with van der Waals surface area (Å²) in [5.41, 5.74) is 7.17. The predicted molar refractivity (Wildman–Crippen MR) is 67.1 cm³/mol. The topological polar surface area (TPSA) is 42.2 Å². The molecule has 0 aromatic carbocycles. The van der Waals surface area contributed by atoms with Crippen molar-refractivity contribution in [2.24, 2.45) is 0 Å². The summed E-state index contributed by atoms with van der Waals surface area (Å²) in [6, 6.07) is 4.61. The molecule has 2 heterocycles. The Hall–Kier alpha value is -1.09. The lowest BCUT2D eigenvalue weighted by Crippen LogP contribution is -2.25. The number of hydrogen-bond acceptors (Lipinski definition) is 3. The quantitative estimate of drug-likeness (QED) is 0.846. The molecule has 88 valence electrons. The fourth-order valence-corrected chi connectivity index (χ4v) is 2.52. The SMILES string of the molecule is CCCCN1CCC[C@@H]1c1cccnc1N. The van der Waals surface area contributed by atoms with Gasteiger partial charge < -0.3 is 5.73 Å². The van der Waals surface area contributed by atoms with E-state index in [0.717, 1.165) is 0 Å². The minimum Gasteiger partial charge on any atom is -0.383 e. The Morgan fingerprint density at radius 2 is 2.44 bits per heavy atom. The molecular weight excluding hydrogens is 198 g/mol.